The van der Waals surface area contributed by atoms with Gasteiger partial charge in [0.2, 0.25) is 5.91 Å². The summed E-state index contributed by atoms with van der Waals surface area (Å²) in [5.41, 5.74) is 0.345. The van der Waals surface area contributed by atoms with Gasteiger partial charge in [-0.3, -0.25) is 9.59 Å². The first-order valence-corrected chi connectivity index (χ1v) is 11.5. The number of nitrogens with one attached hydrogen (secondary N) is 2. The number of rotatable bonds is 9. The van der Waals surface area contributed by atoms with Crippen molar-refractivity contribution in [3.63, 3.8) is 0 Å². The molecular formula is C22H20Cl2FN5O2S. The molecule has 0 fully saturated rings. The molecule has 0 radical (unpaired) electrons. The topological polar surface area (TPSA) is 88.9 Å². The molecule has 0 aliphatic rings. The first-order chi connectivity index (χ1) is 15.8. The fraction of sp³-hybridized carbons (Fsp3) is 0.182. The minimum Gasteiger partial charge on any atom is -0.342 e. The summed E-state index contributed by atoms with van der Waals surface area (Å²) in [6, 6.07) is 9.92. The number of nitrogens with zero attached hydrogens (tertiary/aromatic N) is 3. The average Bonchev–Trinajstić information content (AvgIpc) is 3.18. The van der Waals surface area contributed by atoms with Crippen molar-refractivity contribution < 1.29 is 14.0 Å². The maximum atomic E-state index is 13.9. The maximum absolute atomic E-state index is 13.9. The van der Waals surface area contributed by atoms with E-state index in [-0.39, 0.29) is 17.2 Å². The van der Waals surface area contributed by atoms with E-state index in [2.05, 4.69) is 27.4 Å². The molecule has 0 saturated heterocycles. The highest BCUT2D eigenvalue weighted by atomic mass is 35.5. The second-order valence-electron chi connectivity index (χ2n) is 6.88. The first kappa shape index (κ1) is 24.8. The van der Waals surface area contributed by atoms with E-state index < -0.39 is 17.8 Å². The minimum absolute atomic E-state index is 0.0358. The zero-order chi connectivity index (χ0) is 24.0. The molecule has 33 heavy (non-hydrogen) atoms. The number of aromatic nitrogens is 3. The van der Waals surface area contributed by atoms with Crippen LogP contribution in [0.5, 0.6) is 0 Å². The Bertz CT molecular complexity index is 1190. The van der Waals surface area contributed by atoms with E-state index in [1.807, 2.05) is 0 Å². The van der Waals surface area contributed by atoms with Crippen molar-refractivity contribution in [1.82, 2.24) is 20.1 Å². The number of hydrogen-bond acceptors (Lipinski definition) is 5. The highest BCUT2D eigenvalue weighted by Crippen LogP contribution is 2.26. The van der Waals surface area contributed by atoms with Gasteiger partial charge in [0.15, 0.2) is 11.0 Å². The molecule has 172 valence electrons. The maximum Gasteiger partial charge on any atom is 0.254 e. The second-order valence-corrected chi connectivity index (χ2v) is 8.66. The molecule has 2 aromatic carbocycles. The molecule has 3 aromatic rings. The lowest BCUT2D eigenvalue weighted by Gasteiger charge is -2.15. The van der Waals surface area contributed by atoms with Crippen molar-refractivity contribution in [3.05, 3.63) is 82.4 Å². The molecule has 0 bridgehead atoms. The van der Waals surface area contributed by atoms with Crippen LogP contribution in [0.1, 0.15) is 29.1 Å². The molecule has 0 spiro atoms. The fourth-order valence-electron chi connectivity index (χ4n) is 2.92. The van der Waals surface area contributed by atoms with Gasteiger partial charge in [0.25, 0.3) is 5.91 Å². The van der Waals surface area contributed by atoms with Crippen LogP contribution < -0.4 is 10.6 Å². The van der Waals surface area contributed by atoms with Gasteiger partial charge in [0.05, 0.1) is 28.1 Å². The SMILES string of the molecule is C=CCn1c(SCC(=O)Nc2cc(Cl)ccc2Cl)nnc1[C@H](C)NC(=O)c1ccccc1F. The molecule has 11 heteroatoms. The van der Waals surface area contributed by atoms with Crippen LogP contribution in [-0.2, 0) is 11.3 Å². The van der Waals surface area contributed by atoms with E-state index in [0.29, 0.717) is 33.3 Å². The Morgan fingerprint density at radius 2 is 2.00 bits per heavy atom. The molecular weight excluding hydrogens is 488 g/mol. The molecule has 7 nitrogen and oxygen atoms in total. The van der Waals surface area contributed by atoms with Gasteiger partial charge in [-0.2, -0.15) is 0 Å². The standard InChI is InChI=1S/C22H20Cl2FN5O2S/c1-3-10-30-20(13(2)26-21(32)15-6-4-5-7-17(15)25)28-29-22(30)33-12-19(31)27-18-11-14(23)8-9-16(18)24/h3-9,11,13H,1,10,12H2,2H3,(H,26,32)(H,27,31)/t13-/m0/s1. The van der Waals surface area contributed by atoms with Crippen LogP contribution in [0.2, 0.25) is 10.0 Å². The molecule has 0 aliphatic heterocycles. The van der Waals surface area contributed by atoms with E-state index in [4.69, 9.17) is 23.2 Å². The van der Waals surface area contributed by atoms with E-state index >= 15 is 0 Å². The molecule has 2 amide bonds. The molecule has 1 aromatic heterocycles. The van der Waals surface area contributed by atoms with Gasteiger partial charge >= 0.3 is 0 Å². The smallest absolute Gasteiger partial charge is 0.254 e. The third-order valence-electron chi connectivity index (χ3n) is 4.45. The summed E-state index contributed by atoms with van der Waals surface area (Å²) in [6.07, 6.45) is 1.65. The highest BCUT2D eigenvalue weighted by molar-refractivity contribution is 7.99. The van der Waals surface area contributed by atoms with Crippen molar-refractivity contribution in [2.75, 3.05) is 11.1 Å². The van der Waals surface area contributed by atoms with Gasteiger partial charge in [-0.15, -0.1) is 16.8 Å². The van der Waals surface area contributed by atoms with E-state index in [0.717, 1.165) is 11.8 Å². The number of anilines is 1. The Morgan fingerprint density at radius 1 is 1.24 bits per heavy atom. The Balaban J connectivity index is 1.69. The number of carbonyl (C=O) groups excluding carboxylic acids is 2. The number of allylic oxidation sites excluding steroid dienone is 1. The van der Waals surface area contributed by atoms with Crippen LogP contribution in [0.3, 0.4) is 0 Å². The summed E-state index contributed by atoms with van der Waals surface area (Å²) in [6.45, 7) is 5.80. The number of benzene rings is 2. The van der Waals surface area contributed by atoms with Gasteiger partial charge in [0.1, 0.15) is 5.82 Å². The van der Waals surface area contributed by atoms with Gasteiger partial charge in [0, 0.05) is 11.6 Å². The second kappa shape index (κ2) is 11.3. The van der Waals surface area contributed by atoms with Crippen molar-refractivity contribution >= 4 is 52.5 Å². The molecule has 0 aliphatic carbocycles. The van der Waals surface area contributed by atoms with Crippen molar-refractivity contribution in [1.29, 1.82) is 0 Å². The number of halogens is 3. The quantitative estimate of drug-likeness (QED) is 0.309. The van der Waals surface area contributed by atoms with Gasteiger partial charge in [-0.25, -0.2) is 4.39 Å². The van der Waals surface area contributed by atoms with Crippen LogP contribution in [0, 0.1) is 5.82 Å². The van der Waals surface area contributed by atoms with Crippen LogP contribution in [0.25, 0.3) is 0 Å². The van der Waals surface area contributed by atoms with Crippen LogP contribution in [0.15, 0.2) is 60.3 Å². The van der Waals surface area contributed by atoms with E-state index in [9.17, 15) is 14.0 Å². The van der Waals surface area contributed by atoms with Crippen molar-refractivity contribution in [2.45, 2.75) is 24.7 Å². The fourth-order valence-corrected chi connectivity index (χ4v) is 4.01. The molecule has 2 N–H and O–H groups in total. The van der Waals surface area contributed by atoms with Gasteiger partial charge in [-0.1, -0.05) is 53.2 Å². The average molecular weight is 508 g/mol. The molecule has 1 atom stereocenters. The Morgan fingerprint density at radius 3 is 2.73 bits per heavy atom. The summed E-state index contributed by atoms with van der Waals surface area (Å²) in [7, 11) is 0. The number of thioether (sulfide) groups is 1. The van der Waals surface area contributed by atoms with Crippen molar-refractivity contribution in [3.8, 4) is 0 Å². The summed E-state index contributed by atoms with van der Waals surface area (Å²) < 4.78 is 15.6. The van der Waals surface area contributed by atoms with E-state index in [1.54, 1.807) is 41.8 Å². The van der Waals surface area contributed by atoms with Crippen molar-refractivity contribution in [2.24, 2.45) is 0 Å². The summed E-state index contributed by atoms with van der Waals surface area (Å²) in [4.78, 5) is 24.8. The number of amides is 2. The largest absolute Gasteiger partial charge is 0.342 e. The van der Waals surface area contributed by atoms with Gasteiger partial charge in [-0.05, 0) is 37.3 Å². The normalized spacial score (nSPS) is 11.6. The zero-order valence-corrected chi connectivity index (χ0v) is 19.8. The highest BCUT2D eigenvalue weighted by Gasteiger charge is 2.21. The predicted octanol–water partition coefficient (Wildman–Crippen LogP) is 5.13. The van der Waals surface area contributed by atoms with Crippen LogP contribution in [0.4, 0.5) is 10.1 Å². The Labute approximate surface area is 204 Å². The third-order valence-corrected chi connectivity index (χ3v) is 5.98. The lowest BCUT2D eigenvalue weighted by Crippen LogP contribution is -2.29. The molecule has 3 rings (SSSR count). The summed E-state index contributed by atoms with van der Waals surface area (Å²) in [5.74, 6) is -1.01. The number of hydrogen-bond donors (Lipinski definition) is 2. The summed E-state index contributed by atoms with van der Waals surface area (Å²) in [5, 5.41) is 15.0. The van der Waals surface area contributed by atoms with Crippen LogP contribution >= 0.6 is 35.0 Å². The zero-order valence-electron chi connectivity index (χ0n) is 17.5. The lowest BCUT2D eigenvalue weighted by atomic mass is 10.2. The molecule has 0 unspecified atom stereocenters. The molecule has 1 heterocycles. The predicted molar refractivity (Wildman–Crippen MR) is 128 cm³/mol. The molecule has 0 saturated carbocycles. The number of carbonyl (C=O) groups is 2. The monoisotopic (exact) mass is 507 g/mol. The minimum atomic E-state index is -0.614. The lowest BCUT2D eigenvalue weighted by molar-refractivity contribution is -0.113. The van der Waals surface area contributed by atoms with E-state index in [1.165, 1.54) is 18.2 Å². The Kier molecular flexibility index (Phi) is 8.49. The first-order valence-electron chi connectivity index (χ1n) is 9.77. The summed E-state index contributed by atoms with van der Waals surface area (Å²) >= 11 is 13.2. The van der Waals surface area contributed by atoms with Gasteiger partial charge < -0.3 is 15.2 Å². The third kappa shape index (κ3) is 6.34. The Hall–Kier alpha value is -2.88. The van der Waals surface area contributed by atoms with Crippen LogP contribution in [-0.4, -0.2) is 32.3 Å².